The minimum atomic E-state index is -0.304. The molecule has 2 aromatic rings. The van der Waals surface area contributed by atoms with Gasteiger partial charge in [0.2, 0.25) is 0 Å². The van der Waals surface area contributed by atoms with Gasteiger partial charge in [-0.2, -0.15) is 0 Å². The summed E-state index contributed by atoms with van der Waals surface area (Å²) in [7, 11) is 0. The molecule has 2 aromatic carbocycles. The number of amides is 1. The summed E-state index contributed by atoms with van der Waals surface area (Å²) in [6.07, 6.45) is 3.22. The maximum atomic E-state index is 12.9. The van der Waals surface area contributed by atoms with Crippen molar-refractivity contribution in [1.29, 1.82) is 0 Å². The van der Waals surface area contributed by atoms with Crippen LogP contribution in [0.5, 0.6) is 5.75 Å². The van der Waals surface area contributed by atoms with Crippen LogP contribution in [0.15, 0.2) is 48.5 Å². The molecule has 1 atom stereocenters. The quantitative estimate of drug-likeness (QED) is 0.821. The molecule has 4 rings (SSSR count). The van der Waals surface area contributed by atoms with Crippen LogP contribution in [-0.2, 0) is 0 Å². The SMILES string of the molecule is CC1CCN(c2ccc(C(=O)NC3CC(C)(C)Oc4ccccc43)cc2)CC1. The van der Waals surface area contributed by atoms with Crippen LogP contribution in [0.25, 0.3) is 0 Å². The molecule has 1 amide bonds. The van der Waals surface area contributed by atoms with E-state index in [0.29, 0.717) is 5.56 Å². The van der Waals surface area contributed by atoms with Crippen LogP contribution in [0.2, 0.25) is 0 Å². The second-order valence-electron chi connectivity index (χ2n) is 8.85. The van der Waals surface area contributed by atoms with E-state index in [1.807, 2.05) is 36.4 Å². The normalized spacial score (nSPS) is 21.5. The maximum absolute atomic E-state index is 12.9. The summed E-state index contributed by atoms with van der Waals surface area (Å²) in [5.74, 6) is 1.64. The van der Waals surface area contributed by atoms with E-state index in [2.05, 4.69) is 43.1 Å². The van der Waals surface area contributed by atoms with Crippen LogP contribution in [-0.4, -0.2) is 24.6 Å². The summed E-state index contributed by atoms with van der Waals surface area (Å²) in [5, 5.41) is 3.22. The van der Waals surface area contributed by atoms with E-state index in [9.17, 15) is 4.79 Å². The average molecular weight is 379 g/mol. The number of nitrogens with one attached hydrogen (secondary N) is 1. The minimum Gasteiger partial charge on any atom is -0.487 e. The number of benzene rings is 2. The summed E-state index contributed by atoms with van der Waals surface area (Å²) in [5.41, 5.74) is 2.66. The van der Waals surface area contributed by atoms with E-state index in [1.165, 1.54) is 18.5 Å². The zero-order valence-corrected chi connectivity index (χ0v) is 17.1. The zero-order valence-electron chi connectivity index (χ0n) is 17.1. The number of para-hydroxylation sites is 1. The number of nitrogens with zero attached hydrogens (tertiary/aromatic N) is 1. The topological polar surface area (TPSA) is 41.6 Å². The van der Waals surface area contributed by atoms with Gasteiger partial charge in [-0.25, -0.2) is 0 Å². The first-order valence-corrected chi connectivity index (χ1v) is 10.4. The number of piperidine rings is 1. The summed E-state index contributed by atoms with van der Waals surface area (Å²) in [4.78, 5) is 15.3. The van der Waals surface area contributed by atoms with Crippen LogP contribution in [0, 0.1) is 5.92 Å². The number of rotatable bonds is 3. The third kappa shape index (κ3) is 4.01. The highest BCUT2D eigenvalue weighted by Crippen LogP contribution is 2.39. The molecule has 0 radical (unpaired) electrons. The highest BCUT2D eigenvalue weighted by atomic mass is 16.5. The molecule has 0 saturated carbocycles. The predicted molar refractivity (Wildman–Crippen MR) is 113 cm³/mol. The monoisotopic (exact) mass is 378 g/mol. The fourth-order valence-electron chi connectivity index (χ4n) is 4.26. The lowest BCUT2D eigenvalue weighted by Gasteiger charge is -2.37. The van der Waals surface area contributed by atoms with E-state index in [0.717, 1.165) is 36.7 Å². The second kappa shape index (κ2) is 7.50. The lowest BCUT2D eigenvalue weighted by atomic mass is 9.89. The fraction of sp³-hybridized carbons (Fsp3) is 0.458. The number of hydrogen-bond donors (Lipinski definition) is 1. The lowest BCUT2D eigenvalue weighted by Crippen LogP contribution is -2.41. The van der Waals surface area contributed by atoms with Crippen molar-refractivity contribution in [2.75, 3.05) is 18.0 Å². The Morgan fingerprint density at radius 3 is 2.46 bits per heavy atom. The Labute approximate surface area is 167 Å². The van der Waals surface area contributed by atoms with Gasteiger partial charge >= 0.3 is 0 Å². The Hall–Kier alpha value is -2.49. The van der Waals surface area contributed by atoms with E-state index in [-0.39, 0.29) is 17.6 Å². The van der Waals surface area contributed by atoms with Gasteiger partial charge in [0.15, 0.2) is 0 Å². The van der Waals surface area contributed by atoms with Gasteiger partial charge in [-0.15, -0.1) is 0 Å². The molecule has 1 fully saturated rings. The number of fused-ring (bicyclic) bond motifs is 1. The Morgan fingerprint density at radius 2 is 1.75 bits per heavy atom. The number of carbonyl (C=O) groups is 1. The molecule has 1 saturated heterocycles. The Kier molecular flexibility index (Phi) is 5.05. The Bertz CT molecular complexity index is 836. The van der Waals surface area contributed by atoms with E-state index in [4.69, 9.17) is 4.74 Å². The highest BCUT2D eigenvalue weighted by Gasteiger charge is 2.34. The molecule has 0 aliphatic carbocycles. The second-order valence-corrected chi connectivity index (χ2v) is 8.85. The number of anilines is 1. The third-order valence-electron chi connectivity index (χ3n) is 5.96. The molecule has 2 heterocycles. The molecular weight excluding hydrogens is 348 g/mol. The van der Waals surface area contributed by atoms with Crippen LogP contribution in [0.3, 0.4) is 0 Å². The maximum Gasteiger partial charge on any atom is 0.251 e. The number of hydrogen-bond acceptors (Lipinski definition) is 3. The van der Waals surface area contributed by atoms with Crippen LogP contribution >= 0.6 is 0 Å². The van der Waals surface area contributed by atoms with Crippen molar-refractivity contribution < 1.29 is 9.53 Å². The molecule has 1 unspecified atom stereocenters. The minimum absolute atomic E-state index is 0.0312. The van der Waals surface area contributed by atoms with Gasteiger partial charge in [0.1, 0.15) is 11.4 Å². The van der Waals surface area contributed by atoms with Gasteiger partial charge in [0, 0.05) is 36.3 Å². The fourth-order valence-corrected chi connectivity index (χ4v) is 4.26. The molecule has 28 heavy (non-hydrogen) atoms. The van der Waals surface area contributed by atoms with Gasteiger partial charge < -0.3 is 15.0 Å². The molecule has 2 aliphatic rings. The van der Waals surface area contributed by atoms with E-state index >= 15 is 0 Å². The molecule has 0 aromatic heterocycles. The van der Waals surface area contributed by atoms with E-state index < -0.39 is 0 Å². The molecule has 2 aliphatic heterocycles. The lowest BCUT2D eigenvalue weighted by molar-refractivity contribution is 0.0620. The standard InChI is InChI=1S/C24H30N2O2/c1-17-12-14-26(15-13-17)19-10-8-18(9-11-19)23(27)25-21-16-24(2,3)28-22-7-5-4-6-20(21)22/h4-11,17,21H,12-16H2,1-3H3,(H,25,27). The predicted octanol–water partition coefficient (Wildman–Crippen LogP) is 4.96. The van der Waals surface area contributed by atoms with Gasteiger partial charge in [0.25, 0.3) is 5.91 Å². The Morgan fingerprint density at radius 1 is 1.07 bits per heavy atom. The van der Waals surface area contributed by atoms with Crippen LogP contribution in [0.4, 0.5) is 5.69 Å². The highest BCUT2D eigenvalue weighted by molar-refractivity contribution is 5.94. The van der Waals surface area contributed by atoms with Gasteiger partial charge in [-0.3, -0.25) is 4.79 Å². The van der Waals surface area contributed by atoms with Crippen LogP contribution in [0.1, 0.15) is 62.0 Å². The first kappa shape index (κ1) is 18.9. The number of ether oxygens (including phenoxy) is 1. The number of carbonyl (C=O) groups excluding carboxylic acids is 1. The first-order chi connectivity index (χ1) is 13.4. The van der Waals surface area contributed by atoms with Gasteiger partial charge in [-0.1, -0.05) is 25.1 Å². The van der Waals surface area contributed by atoms with Crippen molar-refractivity contribution in [2.45, 2.75) is 51.7 Å². The van der Waals surface area contributed by atoms with E-state index in [1.54, 1.807) is 0 Å². The summed E-state index contributed by atoms with van der Waals surface area (Å²) in [6, 6.07) is 16.0. The van der Waals surface area contributed by atoms with Crippen molar-refractivity contribution >= 4 is 11.6 Å². The average Bonchev–Trinajstić information content (AvgIpc) is 2.68. The van der Waals surface area contributed by atoms with Gasteiger partial charge in [-0.05, 0) is 62.9 Å². The zero-order chi connectivity index (χ0) is 19.7. The Balaban J connectivity index is 1.46. The first-order valence-electron chi connectivity index (χ1n) is 10.4. The van der Waals surface area contributed by atoms with Crippen molar-refractivity contribution in [1.82, 2.24) is 5.32 Å². The largest absolute Gasteiger partial charge is 0.487 e. The summed E-state index contributed by atoms with van der Waals surface area (Å²) >= 11 is 0. The van der Waals surface area contributed by atoms with Crippen molar-refractivity contribution in [2.24, 2.45) is 5.92 Å². The third-order valence-corrected chi connectivity index (χ3v) is 5.96. The summed E-state index contributed by atoms with van der Waals surface area (Å²) in [6.45, 7) is 8.65. The summed E-state index contributed by atoms with van der Waals surface area (Å²) < 4.78 is 6.07. The molecule has 1 N–H and O–H groups in total. The van der Waals surface area contributed by atoms with Crippen molar-refractivity contribution in [3.63, 3.8) is 0 Å². The van der Waals surface area contributed by atoms with Crippen molar-refractivity contribution in [3.05, 3.63) is 59.7 Å². The smallest absolute Gasteiger partial charge is 0.251 e. The van der Waals surface area contributed by atoms with Crippen molar-refractivity contribution in [3.8, 4) is 5.75 Å². The van der Waals surface area contributed by atoms with Crippen LogP contribution < -0.4 is 15.0 Å². The molecule has 0 spiro atoms. The molecule has 4 heteroatoms. The molecular formula is C24H30N2O2. The van der Waals surface area contributed by atoms with Gasteiger partial charge in [0.05, 0.1) is 6.04 Å². The molecule has 4 nitrogen and oxygen atoms in total. The molecule has 0 bridgehead atoms. The molecule has 148 valence electrons.